The second-order valence-electron chi connectivity index (χ2n) is 10.6. The summed E-state index contributed by atoms with van der Waals surface area (Å²) in [6, 6.07) is 0. The number of carbonyl (C=O) groups is 5. The average molecular weight is 594 g/mol. The number of aliphatic carboxylic acids is 4. The fraction of sp³-hybridized carbons (Fsp3) is 0.667. The van der Waals surface area contributed by atoms with E-state index < -0.39 is 23.9 Å². The van der Waals surface area contributed by atoms with E-state index in [1.807, 2.05) is 0 Å². The topological polar surface area (TPSA) is 194 Å². The zero-order valence-corrected chi connectivity index (χ0v) is 25.0. The van der Waals surface area contributed by atoms with E-state index in [4.69, 9.17) is 44.6 Å². The highest BCUT2D eigenvalue weighted by atomic mass is 16.4. The monoisotopic (exact) mass is 593 g/mol. The van der Waals surface area contributed by atoms with Crippen LogP contribution in [0.1, 0.15) is 107 Å². The molecule has 1 amide bonds. The Morgan fingerprint density at radius 2 is 1.07 bits per heavy atom. The molecular weight excluding hydrogens is 546 g/mol. The molecule has 3 rings (SSSR count). The Kier molecular flexibility index (Phi) is 17.7. The Balaban J connectivity index is 0.000000618. The third-order valence-corrected chi connectivity index (χ3v) is 7.15. The van der Waals surface area contributed by atoms with Crippen molar-refractivity contribution in [1.82, 2.24) is 9.88 Å². The number of hydrogen-bond donors (Lipinski definition) is 5. The number of nitrogens with zero attached hydrogens (tertiary/aromatic N) is 2. The van der Waals surface area contributed by atoms with E-state index in [2.05, 4.69) is 24.1 Å². The number of pyridine rings is 1. The van der Waals surface area contributed by atoms with E-state index in [-0.39, 0.29) is 5.91 Å². The van der Waals surface area contributed by atoms with Crippen molar-refractivity contribution < 1.29 is 44.4 Å². The maximum atomic E-state index is 13.1. The van der Waals surface area contributed by atoms with Gasteiger partial charge in [-0.05, 0) is 82.0 Å². The van der Waals surface area contributed by atoms with Crippen molar-refractivity contribution in [3.63, 3.8) is 0 Å². The fourth-order valence-corrected chi connectivity index (χ4v) is 5.07. The molecule has 1 heterocycles. The molecule has 12 nitrogen and oxygen atoms in total. The number of carboxylic acid groups (broad SMARTS) is 4. The number of hydrogen-bond acceptors (Lipinski definition) is 7. The molecule has 0 aliphatic heterocycles. The molecule has 1 aromatic rings. The first-order chi connectivity index (χ1) is 20.0. The van der Waals surface area contributed by atoms with Crippen molar-refractivity contribution in [2.24, 2.45) is 0 Å². The molecule has 236 valence electrons. The van der Waals surface area contributed by atoms with Gasteiger partial charge in [-0.25, -0.2) is 19.2 Å². The van der Waals surface area contributed by atoms with Crippen LogP contribution < -0.4 is 5.32 Å². The van der Waals surface area contributed by atoms with Gasteiger partial charge in [0.05, 0.1) is 12.2 Å². The van der Waals surface area contributed by atoms with Gasteiger partial charge < -0.3 is 25.7 Å². The van der Waals surface area contributed by atoms with E-state index >= 15 is 0 Å². The average Bonchev–Trinajstić information content (AvgIpc) is 3.42. The van der Waals surface area contributed by atoms with Gasteiger partial charge in [0.25, 0.3) is 0 Å². The van der Waals surface area contributed by atoms with Crippen LogP contribution in [0.4, 0.5) is 5.69 Å². The van der Waals surface area contributed by atoms with E-state index in [0.717, 1.165) is 44.5 Å². The first-order valence-electron chi connectivity index (χ1n) is 15.0. The minimum absolute atomic E-state index is 0.175. The number of aryl methyl sites for hydroxylation is 2. The normalized spacial score (nSPS) is 13.0. The van der Waals surface area contributed by atoms with Crippen LogP contribution in [0.5, 0.6) is 0 Å². The van der Waals surface area contributed by atoms with Gasteiger partial charge in [-0.3, -0.25) is 14.7 Å². The smallest absolute Gasteiger partial charge is 0.414 e. The fourth-order valence-electron chi connectivity index (χ4n) is 5.07. The molecule has 0 saturated heterocycles. The van der Waals surface area contributed by atoms with E-state index in [9.17, 15) is 4.79 Å². The number of nitrogens with one attached hydrogen (secondary N) is 1. The van der Waals surface area contributed by atoms with Crippen LogP contribution in [-0.4, -0.2) is 79.7 Å². The van der Waals surface area contributed by atoms with Gasteiger partial charge in [-0.2, -0.15) is 0 Å². The van der Waals surface area contributed by atoms with Crippen LogP contribution >= 0.6 is 0 Å². The maximum absolute atomic E-state index is 13.1. The maximum Gasteiger partial charge on any atom is 0.414 e. The molecule has 5 N–H and O–H groups in total. The van der Waals surface area contributed by atoms with E-state index in [1.165, 1.54) is 93.1 Å². The minimum Gasteiger partial charge on any atom is -0.473 e. The summed E-state index contributed by atoms with van der Waals surface area (Å²) in [6.45, 7) is 7.13. The third kappa shape index (κ3) is 13.9. The summed E-state index contributed by atoms with van der Waals surface area (Å²) < 4.78 is 0. The van der Waals surface area contributed by atoms with Crippen molar-refractivity contribution in [1.29, 1.82) is 0 Å². The summed E-state index contributed by atoms with van der Waals surface area (Å²) in [5.74, 6) is -7.12. The molecule has 42 heavy (non-hydrogen) atoms. The summed E-state index contributed by atoms with van der Waals surface area (Å²) in [4.78, 5) is 56.9. The van der Waals surface area contributed by atoms with E-state index in [1.54, 1.807) is 0 Å². The van der Waals surface area contributed by atoms with Crippen LogP contribution in [0.2, 0.25) is 0 Å². The first-order valence-corrected chi connectivity index (χ1v) is 15.0. The van der Waals surface area contributed by atoms with Crippen LogP contribution in [-0.2, 0) is 49.7 Å². The molecule has 0 saturated carbocycles. The van der Waals surface area contributed by atoms with Gasteiger partial charge in [0.1, 0.15) is 0 Å². The largest absolute Gasteiger partial charge is 0.473 e. The Hall–Kier alpha value is -3.54. The summed E-state index contributed by atoms with van der Waals surface area (Å²) in [5, 5.41) is 32.9. The molecule has 12 heteroatoms. The molecule has 2 aliphatic rings. The lowest BCUT2D eigenvalue weighted by Gasteiger charge is -2.25. The number of carboxylic acids is 4. The van der Waals surface area contributed by atoms with Gasteiger partial charge in [0.2, 0.25) is 5.91 Å². The zero-order chi connectivity index (χ0) is 31.5. The highest BCUT2D eigenvalue weighted by Crippen LogP contribution is 2.35. The molecular formula is C30H47N3O9. The number of rotatable bonds is 13. The van der Waals surface area contributed by atoms with Crippen LogP contribution in [0, 0.1) is 0 Å². The summed E-state index contributed by atoms with van der Waals surface area (Å²) in [7, 11) is 0. The Bertz CT molecular complexity index is 999. The summed E-state index contributed by atoms with van der Waals surface area (Å²) in [6.07, 6.45) is 18.0. The van der Waals surface area contributed by atoms with Crippen molar-refractivity contribution in [3.8, 4) is 0 Å². The number of anilines is 1. The molecule has 0 radical (unpaired) electrons. The van der Waals surface area contributed by atoms with Crippen molar-refractivity contribution >= 4 is 35.5 Å². The molecule has 0 bridgehead atoms. The van der Waals surface area contributed by atoms with Crippen LogP contribution in [0.3, 0.4) is 0 Å². The molecule has 1 aromatic heterocycles. The molecule has 0 aromatic carbocycles. The van der Waals surface area contributed by atoms with E-state index in [0.29, 0.717) is 6.54 Å². The van der Waals surface area contributed by atoms with Gasteiger partial charge >= 0.3 is 23.9 Å². The van der Waals surface area contributed by atoms with Crippen LogP contribution in [0.15, 0.2) is 0 Å². The molecule has 0 fully saturated rings. The Morgan fingerprint density at radius 1 is 0.643 bits per heavy atom. The van der Waals surface area contributed by atoms with Gasteiger partial charge in [-0.1, -0.05) is 52.4 Å². The summed E-state index contributed by atoms with van der Waals surface area (Å²) >= 11 is 0. The standard InChI is InChI=1S/C26H43N3O.2C2H2O4/c1-3-5-7-11-18-29(19-12-8-6-4-2)20-25(30)28-26-21-14-9-10-16-23(21)27-24-17-13-15-22(24)26;2*3-1(4)2(5)6/h3-20H2,1-2H3,(H,27,28,30);2*(H,3,4)(H,5,6). The predicted octanol–water partition coefficient (Wildman–Crippen LogP) is 4.16. The lowest BCUT2D eigenvalue weighted by atomic mass is 9.92. The number of fused-ring (bicyclic) bond motifs is 2. The van der Waals surface area contributed by atoms with Crippen LogP contribution in [0.25, 0.3) is 0 Å². The molecule has 0 unspecified atom stereocenters. The lowest BCUT2D eigenvalue weighted by molar-refractivity contribution is -0.159. The molecule has 0 atom stereocenters. The van der Waals surface area contributed by atoms with Crippen molar-refractivity contribution in [3.05, 3.63) is 22.5 Å². The number of unbranched alkanes of at least 4 members (excludes halogenated alkanes) is 6. The zero-order valence-electron chi connectivity index (χ0n) is 25.0. The molecule has 0 spiro atoms. The number of amides is 1. The van der Waals surface area contributed by atoms with Gasteiger partial charge in [-0.15, -0.1) is 0 Å². The first kappa shape index (κ1) is 36.5. The third-order valence-electron chi connectivity index (χ3n) is 7.15. The van der Waals surface area contributed by atoms with Crippen molar-refractivity contribution in [2.45, 2.75) is 110 Å². The lowest BCUT2D eigenvalue weighted by Crippen LogP contribution is -2.35. The highest BCUT2D eigenvalue weighted by Gasteiger charge is 2.25. The number of aromatic nitrogens is 1. The number of carbonyl (C=O) groups excluding carboxylic acids is 1. The minimum atomic E-state index is -1.82. The molecule has 2 aliphatic carbocycles. The van der Waals surface area contributed by atoms with Gasteiger partial charge in [0, 0.05) is 11.4 Å². The van der Waals surface area contributed by atoms with Gasteiger partial charge in [0.15, 0.2) is 0 Å². The SMILES string of the molecule is CCCCCCN(CCCCCC)CC(=O)Nc1c2c(nc3c1CCC3)CCCC2.O=C(O)C(=O)O.O=C(O)C(=O)O. The quantitative estimate of drug-likeness (QED) is 0.163. The summed E-state index contributed by atoms with van der Waals surface area (Å²) in [5.41, 5.74) is 6.33. The highest BCUT2D eigenvalue weighted by molar-refractivity contribution is 6.27. The second-order valence-corrected chi connectivity index (χ2v) is 10.6. The predicted molar refractivity (Wildman–Crippen MR) is 157 cm³/mol. The Labute approximate surface area is 247 Å². The second kappa shape index (κ2) is 20.4. The van der Waals surface area contributed by atoms with Crippen molar-refractivity contribution in [2.75, 3.05) is 25.0 Å². The Morgan fingerprint density at radius 3 is 1.52 bits per heavy atom.